The number of aliphatic hydroxyl groups is 1. The normalized spacial score (nSPS) is 16.6. The molecule has 1 N–H and O–H groups in total. The first kappa shape index (κ1) is 12.9. The smallest absolute Gasteiger partial charge is 0.237 e. The molecule has 90 valence electrons. The van der Waals surface area contributed by atoms with Gasteiger partial charge in [0.25, 0.3) is 0 Å². The summed E-state index contributed by atoms with van der Waals surface area (Å²) < 4.78 is 0. The fourth-order valence-electron chi connectivity index (χ4n) is 1.80. The highest BCUT2D eigenvalue weighted by Gasteiger charge is 2.28. The third kappa shape index (κ3) is 3.47. The first-order valence-electron chi connectivity index (χ1n) is 5.54. The maximum Gasteiger partial charge on any atom is 0.237 e. The zero-order valence-corrected chi connectivity index (χ0v) is 9.64. The molecule has 0 atom stereocenters. The van der Waals surface area contributed by atoms with Crippen molar-refractivity contribution >= 4 is 5.91 Å². The fraction of sp³-hybridized carbons (Fsp3) is 0.583. The topological polar surface area (TPSA) is 43.8 Å². The van der Waals surface area contributed by atoms with Crippen LogP contribution in [-0.4, -0.2) is 60.1 Å². The first-order valence-corrected chi connectivity index (χ1v) is 5.54. The Morgan fingerprint density at radius 2 is 1.94 bits per heavy atom. The summed E-state index contributed by atoms with van der Waals surface area (Å²) in [7, 11) is 0. The summed E-state index contributed by atoms with van der Waals surface area (Å²) in [4.78, 5) is 15.6. The third-order valence-electron chi connectivity index (χ3n) is 2.70. The summed E-state index contributed by atoms with van der Waals surface area (Å²) in [6.07, 6.45) is 3.43. The standard InChI is InChI=1S/C12H20N2O2/c1-3-5-14(6-4-2)12(16)9-13-7-11(8-13)10-15/h3-4,11,15H,1-2,5-10H2. The van der Waals surface area contributed by atoms with Gasteiger partial charge in [-0.15, -0.1) is 13.2 Å². The predicted octanol–water partition coefficient (Wildman–Crippen LogP) is 0.111. The minimum absolute atomic E-state index is 0.0937. The second-order valence-electron chi connectivity index (χ2n) is 4.12. The Bertz CT molecular complexity index is 250. The van der Waals surface area contributed by atoms with Gasteiger partial charge in [-0.2, -0.15) is 0 Å². The largest absolute Gasteiger partial charge is 0.396 e. The number of likely N-dealkylation sites (tertiary alicyclic amines) is 1. The van der Waals surface area contributed by atoms with Crippen LogP contribution in [0.5, 0.6) is 0 Å². The molecule has 1 aliphatic heterocycles. The van der Waals surface area contributed by atoms with Crippen LogP contribution in [0.15, 0.2) is 25.3 Å². The molecule has 1 amide bonds. The number of hydrogen-bond acceptors (Lipinski definition) is 3. The van der Waals surface area contributed by atoms with Gasteiger partial charge in [-0.05, 0) is 0 Å². The molecule has 0 radical (unpaired) electrons. The van der Waals surface area contributed by atoms with Crippen molar-refractivity contribution in [2.75, 3.05) is 39.3 Å². The lowest BCUT2D eigenvalue weighted by molar-refractivity contribution is -0.133. The molecular weight excluding hydrogens is 204 g/mol. The molecule has 16 heavy (non-hydrogen) atoms. The highest BCUT2D eigenvalue weighted by atomic mass is 16.3. The van der Waals surface area contributed by atoms with Crippen molar-refractivity contribution in [2.24, 2.45) is 5.92 Å². The van der Waals surface area contributed by atoms with Gasteiger partial charge in [0.05, 0.1) is 6.54 Å². The molecule has 0 spiro atoms. The van der Waals surface area contributed by atoms with Crippen LogP contribution in [0.4, 0.5) is 0 Å². The maximum atomic E-state index is 11.8. The van der Waals surface area contributed by atoms with E-state index in [4.69, 9.17) is 5.11 Å². The molecule has 0 unspecified atom stereocenters. The van der Waals surface area contributed by atoms with E-state index in [0.29, 0.717) is 25.6 Å². The van der Waals surface area contributed by atoms with E-state index in [0.717, 1.165) is 13.1 Å². The van der Waals surface area contributed by atoms with E-state index in [-0.39, 0.29) is 12.5 Å². The van der Waals surface area contributed by atoms with E-state index >= 15 is 0 Å². The Morgan fingerprint density at radius 3 is 2.38 bits per heavy atom. The fourth-order valence-corrected chi connectivity index (χ4v) is 1.80. The molecule has 1 heterocycles. The summed E-state index contributed by atoms with van der Waals surface area (Å²) in [5.41, 5.74) is 0. The van der Waals surface area contributed by atoms with Crippen LogP contribution >= 0.6 is 0 Å². The molecule has 1 saturated heterocycles. The number of amides is 1. The Morgan fingerprint density at radius 1 is 1.38 bits per heavy atom. The van der Waals surface area contributed by atoms with E-state index in [1.165, 1.54) is 0 Å². The molecule has 1 aliphatic rings. The van der Waals surface area contributed by atoms with Gasteiger partial charge < -0.3 is 10.0 Å². The second-order valence-corrected chi connectivity index (χ2v) is 4.12. The molecule has 1 rings (SSSR count). The number of aliphatic hydroxyl groups excluding tert-OH is 1. The van der Waals surface area contributed by atoms with Crippen molar-refractivity contribution in [3.8, 4) is 0 Å². The van der Waals surface area contributed by atoms with Crippen LogP contribution < -0.4 is 0 Å². The lowest BCUT2D eigenvalue weighted by Gasteiger charge is -2.38. The molecule has 0 aliphatic carbocycles. The summed E-state index contributed by atoms with van der Waals surface area (Å²) in [6, 6.07) is 0. The van der Waals surface area contributed by atoms with Gasteiger partial charge in [-0.3, -0.25) is 9.69 Å². The van der Waals surface area contributed by atoms with E-state index in [1.807, 2.05) is 4.90 Å². The molecule has 0 saturated carbocycles. The van der Waals surface area contributed by atoms with E-state index in [2.05, 4.69) is 13.2 Å². The van der Waals surface area contributed by atoms with Crippen LogP contribution in [0.25, 0.3) is 0 Å². The number of carbonyl (C=O) groups is 1. The maximum absolute atomic E-state index is 11.8. The number of carbonyl (C=O) groups excluding carboxylic acids is 1. The van der Waals surface area contributed by atoms with Crippen molar-refractivity contribution in [2.45, 2.75) is 0 Å². The lowest BCUT2D eigenvalue weighted by Crippen LogP contribution is -2.52. The summed E-state index contributed by atoms with van der Waals surface area (Å²) in [5.74, 6) is 0.441. The highest BCUT2D eigenvalue weighted by Crippen LogP contribution is 2.14. The molecule has 0 aromatic rings. The lowest BCUT2D eigenvalue weighted by atomic mass is 10.0. The minimum atomic E-state index is 0.0937. The third-order valence-corrected chi connectivity index (χ3v) is 2.70. The van der Waals surface area contributed by atoms with Gasteiger partial charge in [0.15, 0.2) is 0 Å². The monoisotopic (exact) mass is 224 g/mol. The molecule has 4 heteroatoms. The Hall–Kier alpha value is -1.13. The first-order chi connectivity index (χ1) is 7.71. The highest BCUT2D eigenvalue weighted by molar-refractivity contribution is 5.78. The van der Waals surface area contributed by atoms with Gasteiger partial charge in [-0.25, -0.2) is 0 Å². The Kier molecular flexibility index (Phi) is 5.22. The average Bonchev–Trinajstić information content (AvgIpc) is 2.22. The van der Waals surface area contributed by atoms with Gasteiger partial charge in [-0.1, -0.05) is 12.2 Å². The average molecular weight is 224 g/mol. The SMILES string of the molecule is C=CCN(CC=C)C(=O)CN1CC(CO)C1. The Labute approximate surface area is 96.8 Å². The quantitative estimate of drug-likeness (QED) is 0.624. The summed E-state index contributed by atoms with van der Waals surface area (Å²) in [6.45, 7) is 10.7. The van der Waals surface area contributed by atoms with Gasteiger partial charge >= 0.3 is 0 Å². The zero-order valence-electron chi connectivity index (χ0n) is 9.64. The van der Waals surface area contributed by atoms with Crippen molar-refractivity contribution < 1.29 is 9.90 Å². The van der Waals surface area contributed by atoms with Gasteiger partial charge in [0.1, 0.15) is 0 Å². The van der Waals surface area contributed by atoms with Crippen molar-refractivity contribution in [1.29, 1.82) is 0 Å². The predicted molar refractivity (Wildman–Crippen MR) is 64.0 cm³/mol. The second kappa shape index (κ2) is 6.45. The molecular formula is C12H20N2O2. The van der Waals surface area contributed by atoms with E-state index < -0.39 is 0 Å². The molecule has 1 fully saturated rings. The molecule has 0 aromatic heterocycles. The summed E-state index contributed by atoms with van der Waals surface area (Å²) in [5, 5.41) is 8.87. The molecule has 4 nitrogen and oxygen atoms in total. The summed E-state index contributed by atoms with van der Waals surface area (Å²) >= 11 is 0. The minimum Gasteiger partial charge on any atom is -0.396 e. The van der Waals surface area contributed by atoms with E-state index in [9.17, 15) is 4.79 Å². The van der Waals surface area contributed by atoms with Crippen molar-refractivity contribution in [1.82, 2.24) is 9.80 Å². The molecule has 0 aromatic carbocycles. The van der Waals surface area contributed by atoms with Crippen LogP contribution in [-0.2, 0) is 4.79 Å². The van der Waals surface area contributed by atoms with Gasteiger partial charge in [0.2, 0.25) is 5.91 Å². The van der Waals surface area contributed by atoms with Crippen LogP contribution in [0.2, 0.25) is 0 Å². The van der Waals surface area contributed by atoms with Crippen LogP contribution in [0.1, 0.15) is 0 Å². The Balaban J connectivity index is 2.31. The molecule has 0 bridgehead atoms. The number of rotatable bonds is 7. The zero-order chi connectivity index (χ0) is 12.0. The van der Waals surface area contributed by atoms with Crippen molar-refractivity contribution in [3.63, 3.8) is 0 Å². The van der Waals surface area contributed by atoms with Crippen LogP contribution in [0.3, 0.4) is 0 Å². The van der Waals surface area contributed by atoms with Gasteiger partial charge in [0, 0.05) is 38.7 Å². The number of hydrogen-bond donors (Lipinski definition) is 1. The van der Waals surface area contributed by atoms with Crippen molar-refractivity contribution in [3.05, 3.63) is 25.3 Å². The van der Waals surface area contributed by atoms with Crippen LogP contribution in [0, 0.1) is 5.92 Å². The number of nitrogens with zero attached hydrogens (tertiary/aromatic N) is 2. The van der Waals surface area contributed by atoms with E-state index in [1.54, 1.807) is 17.1 Å².